The first kappa shape index (κ1) is 18.4. The van der Waals surface area contributed by atoms with E-state index >= 15 is 0 Å². The van der Waals surface area contributed by atoms with Crippen LogP contribution in [-0.4, -0.2) is 23.4 Å². The van der Waals surface area contributed by atoms with Gasteiger partial charge in [-0.25, -0.2) is 0 Å². The van der Waals surface area contributed by atoms with Gasteiger partial charge in [-0.15, -0.1) is 0 Å². The first-order valence-corrected chi connectivity index (χ1v) is 8.47. The molecule has 27 heavy (non-hydrogen) atoms. The van der Waals surface area contributed by atoms with Crippen molar-refractivity contribution in [1.82, 2.24) is 4.98 Å². The molecular weight excluding hydrogens is 366 g/mol. The molecule has 0 bridgehead atoms. The topological polar surface area (TPSA) is 80.3 Å². The SMILES string of the molecule is O=C(COc1ccc(Cl)cc1)Nc1cccc(NC(=O)c2ccncc2)c1. The maximum absolute atomic E-state index is 12.2. The van der Waals surface area contributed by atoms with Gasteiger partial charge in [-0.2, -0.15) is 0 Å². The number of hydrogen-bond acceptors (Lipinski definition) is 4. The molecule has 0 aliphatic heterocycles. The molecular formula is C20H16ClN3O3. The highest BCUT2D eigenvalue weighted by Crippen LogP contribution is 2.17. The number of nitrogens with zero attached hydrogens (tertiary/aromatic N) is 1. The summed E-state index contributed by atoms with van der Waals surface area (Å²) in [6.45, 7) is -0.144. The number of pyridine rings is 1. The molecule has 0 spiro atoms. The number of anilines is 2. The summed E-state index contributed by atoms with van der Waals surface area (Å²) in [7, 11) is 0. The highest BCUT2D eigenvalue weighted by atomic mass is 35.5. The molecule has 2 aromatic carbocycles. The lowest BCUT2D eigenvalue weighted by atomic mass is 10.2. The zero-order valence-electron chi connectivity index (χ0n) is 14.2. The zero-order chi connectivity index (χ0) is 19.1. The minimum absolute atomic E-state index is 0.144. The minimum Gasteiger partial charge on any atom is -0.484 e. The summed E-state index contributed by atoms with van der Waals surface area (Å²) in [5, 5.41) is 6.09. The van der Waals surface area contributed by atoms with E-state index in [0.717, 1.165) is 0 Å². The molecule has 3 rings (SSSR count). The van der Waals surface area contributed by atoms with Crippen molar-refractivity contribution >= 4 is 34.8 Å². The number of halogens is 1. The van der Waals surface area contributed by atoms with E-state index in [1.54, 1.807) is 73.1 Å². The number of ether oxygens (including phenoxy) is 1. The molecule has 2 N–H and O–H groups in total. The molecule has 1 heterocycles. The lowest BCUT2D eigenvalue weighted by molar-refractivity contribution is -0.118. The maximum Gasteiger partial charge on any atom is 0.262 e. The van der Waals surface area contributed by atoms with Crippen LogP contribution in [0.5, 0.6) is 5.75 Å². The summed E-state index contributed by atoms with van der Waals surface area (Å²) in [5.74, 6) is -0.0255. The van der Waals surface area contributed by atoms with Crippen LogP contribution in [-0.2, 0) is 4.79 Å². The molecule has 0 saturated heterocycles. The van der Waals surface area contributed by atoms with Crippen LogP contribution in [0.3, 0.4) is 0 Å². The third-order valence-corrected chi connectivity index (χ3v) is 3.78. The van der Waals surface area contributed by atoms with Crippen molar-refractivity contribution in [3.63, 3.8) is 0 Å². The maximum atomic E-state index is 12.2. The Morgan fingerprint density at radius 3 is 2.30 bits per heavy atom. The normalized spacial score (nSPS) is 10.1. The van der Waals surface area contributed by atoms with Crippen molar-refractivity contribution in [2.24, 2.45) is 0 Å². The molecule has 6 nitrogen and oxygen atoms in total. The number of carbonyl (C=O) groups excluding carboxylic acids is 2. The summed E-state index contributed by atoms with van der Waals surface area (Å²) in [6, 6.07) is 16.8. The van der Waals surface area contributed by atoms with Crippen LogP contribution in [0.25, 0.3) is 0 Å². The van der Waals surface area contributed by atoms with Gasteiger partial charge in [-0.05, 0) is 54.6 Å². The highest BCUT2D eigenvalue weighted by Gasteiger charge is 2.08. The second kappa shape index (κ2) is 8.82. The quantitative estimate of drug-likeness (QED) is 0.676. The lowest BCUT2D eigenvalue weighted by Crippen LogP contribution is -2.20. The summed E-state index contributed by atoms with van der Waals surface area (Å²) in [6.07, 6.45) is 3.10. The molecule has 0 fully saturated rings. The predicted octanol–water partition coefficient (Wildman–Crippen LogP) is 4.00. The molecule has 136 valence electrons. The van der Waals surface area contributed by atoms with Crippen LogP contribution < -0.4 is 15.4 Å². The Morgan fingerprint density at radius 2 is 1.59 bits per heavy atom. The highest BCUT2D eigenvalue weighted by molar-refractivity contribution is 6.30. The predicted molar refractivity (Wildman–Crippen MR) is 104 cm³/mol. The van der Waals surface area contributed by atoms with Gasteiger partial charge in [0.1, 0.15) is 5.75 Å². The smallest absolute Gasteiger partial charge is 0.262 e. The van der Waals surface area contributed by atoms with Gasteiger partial charge in [0, 0.05) is 34.4 Å². The number of hydrogen-bond donors (Lipinski definition) is 2. The fourth-order valence-electron chi connectivity index (χ4n) is 2.26. The number of rotatable bonds is 6. The molecule has 0 radical (unpaired) electrons. The average Bonchev–Trinajstić information content (AvgIpc) is 2.68. The first-order valence-electron chi connectivity index (χ1n) is 8.10. The van der Waals surface area contributed by atoms with Gasteiger partial charge in [-0.3, -0.25) is 14.6 Å². The van der Waals surface area contributed by atoms with Crippen molar-refractivity contribution in [3.05, 3.63) is 83.6 Å². The van der Waals surface area contributed by atoms with Crippen LogP contribution in [0.15, 0.2) is 73.1 Å². The van der Waals surface area contributed by atoms with Gasteiger partial charge in [0.2, 0.25) is 0 Å². The molecule has 0 atom stereocenters. The molecule has 7 heteroatoms. The van der Waals surface area contributed by atoms with Crippen molar-refractivity contribution < 1.29 is 14.3 Å². The fraction of sp³-hybridized carbons (Fsp3) is 0.0500. The summed E-state index contributed by atoms with van der Waals surface area (Å²) >= 11 is 5.80. The third kappa shape index (κ3) is 5.55. The Bertz CT molecular complexity index is 931. The number of amides is 2. The van der Waals surface area contributed by atoms with E-state index in [1.165, 1.54) is 0 Å². The number of benzene rings is 2. The van der Waals surface area contributed by atoms with Gasteiger partial charge in [-0.1, -0.05) is 17.7 Å². The number of carbonyl (C=O) groups is 2. The van der Waals surface area contributed by atoms with Gasteiger partial charge in [0.05, 0.1) is 0 Å². The summed E-state index contributed by atoms with van der Waals surface area (Å²) in [4.78, 5) is 28.1. The lowest BCUT2D eigenvalue weighted by Gasteiger charge is -2.10. The van der Waals surface area contributed by atoms with Gasteiger partial charge >= 0.3 is 0 Å². The fourth-order valence-corrected chi connectivity index (χ4v) is 2.38. The molecule has 3 aromatic rings. The number of nitrogens with one attached hydrogen (secondary N) is 2. The van der Waals surface area contributed by atoms with E-state index in [-0.39, 0.29) is 18.4 Å². The van der Waals surface area contributed by atoms with Gasteiger partial charge < -0.3 is 15.4 Å². The van der Waals surface area contributed by atoms with E-state index in [4.69, 9.17) is 16.3 Å². The molecule has 0 saturated carbocycles. The van der Waals surface area contributed by atoms with Gasteiger partial charge in [0.15, 0.2) is 6.61 Å². The molecule has 2 amide bonds. The van der Waals surface area contributed by atoms with E-state index < -0.39 is 0 Å². The zero-order valence-corrected chi connectivity index (χ0v) is 14.9. The Labute approximate surface area is 161 Å². The van der Waals surface area contributed by atoms with Crippen molar-refractivity contribution in [1.29, 1.82) is 0 Å². The van der Waals surface area contributed by atoms with E-state index in [2.05, 4.69) is 15.6 Å². The van der Waals surface area contributed by atoms with Crippen LogP contribution in [0.2, 0.25) is 5.02 Å². The van der Waals surface area contributed by atoms with Gasteiger partial charge in [0.25, 0.3) is 11.8 Å². The van der Waals surface area contributed by atoms with Crippen molar-refractivity contribution in [2.75, 3.05) is 17.2 Å². The first-order chi connectivity index (χ1) is 13.1. The number of aromatic nitrogens is 1. The van der Waals surface area contributed by atoms with E-state index in [9.17, 15) is 9.59 Å². The molecule has 0 aliphatic carbocycles. The average molecular weight is 382 g/mol. The van der Waals surface area contributed by atoms with Crippen LogP contribution >= 0.6 is 11.6 Å². The van der Waals surface area contributed by atoms with Crippen molar-refractivity contribution in [2.45, 2.75) is 0 Å². The summed E-state index contributed by atoms with van der Waals surface area (Å²) < 4.78 is 5.40. The standard InChI is InChI=1S/C20H16ClN3O3/c21-15-4-6-18(7-5-15)27-13-19(25)23-16-2-1-3-17(12-16)24-20(26)14-8-10-22-11-9-14/h1-12H,13H2,(H,23,25)(H,24,26). The van der Waals surface area contributed by atoms with Crippen LogP contribution in [0, 0.1) is 0 Å². The van der Waals surface area contributed by atoms with E-state index in [0.29, 0.717) is 27.7 Å². The van der Waals surface area contributed by atoms with E-state index in [1.807, 2.05) is 0 Å². The molecule has 0 aliphatic rings. The molecule has 0 unspecified atom stereocenters. The second-order valence-corrected chi connectivity index (χ2v) is 6.00. The Balaban J connectivity index is 1.56. The van der Waals surface area contributed by atoms with Crippen LogP contribution in [0.1, 0.15) is 10.4 Å². The Hall–Kier alpha value is -3.38. The minimum atomic E-state index is -0.317. The Kier molecular flexibility index (Phi) is 6.02. The monoisotopic (exact) mass is 381 g/mol. The molecule has 1 aromatic heterocycles. The summed E-state index contributed by atoms with van der Waals surface area (Å²) in [5.41, 5.74) is 1.61. The largest absolute Gasteiger partial charge is 0.484 e. The van der Waals surface area contributed by atoms with Crippen molar-refractivity contribution in [3.8, 4) is 5.75 Å². The third-order valence-electron chi connectivity index (χ3n) is 3.53. The second-order valence-electron chi connectivity index (χ2n) is 5.56. The van der Waals surface area contributed by atoms with Crippen LogP contribution in [0.4, 0.5) is 11.4 Å². The Morgan fingerprint density at radius 1 is 0.926 bits per heavy atom.